The Labute approximate surface area is 60.3 Å². The van der Waals surface area contributed by atoms with Crippen LogP contribution >= 0.6 is 0 Å². The van der Waals surface area contributed by atoms with Crippen molar-refractivity contribution >= 4 is 12.3 Å². The van der Waals surface area contributed by atoms with E-state index in [0.717, 1.165) is 17.4 Å². The summed E-state index contributed by atoms with van der Waals surface area (Å²) in [5.74, 6) is -0.336. The van der Waals surface area contributed by atoms with Crippen molar-refractivity contribution in [2.75, 3.05) is 6.54 Å². The van der Waals surface area contributed by atoms with Crippen molar-refractivity contribution in [3.8, 4) is 0 Å². The molecule has 0 aliphatic carbocycles. The summed E-state index contributed by atoms with van der Waals surface area (Å²) in [4.78, 5) is 22.0. The van der Waals surface area contributed by atoms with Crippen LogP contribution in [0.25, 0.3) is 0 Å². The van der Waals surface area contributed by atoms with E-state index in [4.69, 9.17) is 0 Å². The highest BCUT2D eigenvalue weighted by atomic mass is 16.2. The van der Waals surface area contributed by atoms with Gasteiger partial charge in [-0.2, -0.15) is 0 Å². The zero-order chi connectivity index (χ0) is 7.98. The Morgan fingerprint density at radius 2 is 2.30 bits per heavy atom. The smallest absolute Gasteiger partial charge is 0.252 e. The lowest BCUT2D eigenvalue weighted by molar-refractivity contribution is -0.134. The molecule has 2 amide bonds. The standard InChI is InChI=1S/C7H11NO2/c1-3-5-8(6-9)7(10)4-2/h4,6H,2-3,5H2,1H3. The van der Waals surface area contributed by atoms with Crippen LogP contribution in [0.1, 0.15) is 13.3 Å². The minimum atomic E-state index is -0.336. The third kappa shape index (κ3) is 2.44. The number of carbonyl (C=O) groups excluding carboxylic acids is 2. The molecule has 0 saturated heterocycles. The van der Waals surface area contributed by atoms with Gasteiger partial charge in [0.2, 0.25) is 6.41 Å². The second-order valence-electron chi connectivity index (χ2n) is 1.84. The van der Waals surface area contributed by atoms with Crippen LogP contribution in [0.15, 0.2) is 12.7 Å². The maximum Gasteiger partial charge on any atom is 0.252 e. The summed E-state index contributed by atoms with van der Waals surface area (Å²) in [7, 11) is 0. The van der Waals surface area contributed by atoms with Crippen LogP contribution < -0.4 is 0 Å². The van der Waals surface area contributed by atoms with Crippen molar-refractivity contribution in [1.82, 2.24) is 4.90 Å². The first-order valence-corrected chi connectivity index (χ1v) is 3.14. The van der Waals surface area contributed by atoms with Crippen molar-refractivity contribution in [1.29, 1.82) is 0 Å². The summed E-state index contributed by atoms with van der Waals surface area (Å²) in [6, 6.07) is 0. The fourth-order valence-electron chi connectivity index (χ4n) is 0.573. The SMILES string of the molecule is C=CC(=O)N(C=O)CCC. The van der Waals surface area contributed by atoms with E-state index in [2.05, 4.69) is 6.58 Å². The number of nitrogens with zero attached hydrogens (tertiary/aromatic N) is 1. The van der Waals surface area contributed by atoms with E-state index in [0.29, 0.717) is 13.0 Å². The summed E-state index contributed by atoms with van der Waals surface area (Å²) in [5, 5.41) is 0. The van der Waals surface area contributed by atoms with Crippen molar-refractivity contribution in [2.24, 2.45) is 0 Å². The van der Waals surface area contributed by atoms with Gasteiger partial charge in [0.15, 0.2) is 0 Å². The van der Waals surface area contributed by atoms with E-state index in [9.17, 15) is 9.59 Å². The Balaban J connectivity index is 3.91. The van der Waals surface area contributed by atoms with Crippen LogP contribution in [0.2, 0.25) is 0 Å². The normalized spacial score (nSPS) is 8.50. The van der Waals surface area contributed by atoms with Crippen LogP contribution in [-0.4, -0.2) is 23.8 Å². The van der Waals surface area contributed by atoms with Gasteiger partial charge in [0.1, 0.15) is 0 Å². The van der Waals surface area contributed by atoms with Crippen molar-refractivity contribution in [3.05, 3.63) is 12.7 Å². The third-order valence-corrected chi connectivity index (χ3v) is 1.05. The van der Waals surface area contributed by atoms with E-state index in [1.54, 1.807) is 0 Å². The molecule has 0 aliphatic rings. The lowest BCUT2D eigenvalue weighted by Crippen LogP contribution is -2.28. The minimum Gasteiger partial charge on any atom is -0.282 e. The lowest BCUT2D eigenvalue weighted by Gasteiger charge is -2.10. The quantitative estimate of drug-likeness (QED) is 0.424. The van der Waals surface area contributed by atoms with Gasteiger partial charge in [-0.15, -0.1) is 0 Å². The summed E-state index contributed by atoms with van der Waals surface area (Å²) in [6.45, 7) is 5.62. The van der Waals surface area contributed by atoms with Gasteiger partial charge in [-0.1, -0.05) is 13.5 Å². The molecular formula is C7H11NO2. The molecule has 0 spiro atoms. The second-order valence-corrected chi connectivity index (χ2v) is 1.84. The van der Waals surface area contributed by atoms with Crippen molar-refractivity contribution in [3.63, 3.8) is 0 Å². The molecule has 10 heavy (non-hydrogen) atoms. The van der Waals surface area contributed by atoms with Gasteiger partial charge in [-0.3, -0.25) is 14.5 Å². The van der Waals surface area contributed by atoms with Crippen LogP contribution in [-0.2, 0) is 9.59 Å². The Hall–Kier alpha value is -1.12. The summed E-state index contributed by atoms with van der Waals surface area (Å²) in [5.41, 5.74) is 0. The molecule has 0 fully saturated rings. The zero-order valence-electron chi connectivity index (χ0n) is 6.04. The molecule has 0 aromatic rings. The predicted molar refractivity (Wildman–Crippen MR) is 38.3 cm³/mol. The highest BCUT2D eigenvalue weighted by Crippen LogP contribution is 1.88. The molecule has 3 nitrogen and oxygen atoms in total. The van der Waals surface area contributed by atoms with Crippen LogP contribution in [0, 0.1) is 0 Å². The van der Waals surface area contributed by atoms with E-state index in [1.165, 1.54) is 0 Å². The van der Waals surface area contributed by atoms with Gasteiger partial charge in [-0.25, -0.2) is 0 Å². The van der Waals surface area contributed by atoms with Crippen molar-refractivity contribution < 1.29 is 9.59 Å². The van der Waals surface area contributed by atoms with Gasteiger partial charge in [0, 0.05) is 6.54 Å². The van der Waals surface area contributed by atoms with Crippen LogP contribution in [0.3, 0.4) is 0 Å². The molecule has 0 N–H and O–H groups in total. The first kappa shape index (κ1) is 8.88. The Bertz CT molecular complexity index is 143. The van der Waals surface area contributed by atoms with E-state index in [-0.39, 0.29) is 5.91 Å². The first-order chi connectivity index (χ1) is 4.76. The fraction of sp³-hybridized carbons (Fsp3) is 0.429. The lowest BCUT2D eigenvalue weighted by atomic mass is 10.4. The molecule has 0 aromatic heterocycles. The molecule has 0 atom stereocenters. The number of carbonyl (C=O) groups is 2. The van der Waals surface area contributed by atoms with Crippen LogP contribution in [0.4, 0.5) is 0 Å². The van der Waals surface area contributed by atoms with Gasteiger partial charge < -0.3 is 0 Å². The number of imide groups is 1. The number of rotatable bonds is 4. The molecule has 0 unspecified atom stereocenters. The Kier molecular flexibility index (Phi) is 4.20. The molecule has 0 aromatic carbocycles. The largest absolute Gasteiger partial charge is 0.282 e. The highest BCUT2D eigenvalue weighted by molar-refractivity contribution is 5.94. The third-order valence-electron chi connectivity index (χ3n) is 1.05. The van der Waals surface area contributed by atoms with Gasteiger partial charge in [-0.05, 0) is 12.5 Å². The average Bonchev–Trinajstić information content (AvgIpc) is 1.99. The molecule has 0 rings (SSSR count). The van der Waals surface area contributed by atoms with Gasteiger partial charge in [0.05, 0.1) is 0 Å². The number of hydrogen-bond acceptors (Lipinski definition) is 2. The van der Waals surface area contributed by atoms with Crippen molar-refractivity contribution in [2.45, 2.75) is 13.3 Å². The molecule has 0 heterocycles. The molecule has 0 bridgehead atoms. The Morgan fingerprint density at radius 3 is 2.60 bits per heavy atom. The molecule has 0 radical (unpaired) electrons. The monoisotopic (exact) mass is 141 g/mol. The molecule has 56 valence electrons. The average molecular weight is 141 g/mol. The molecule has 3 heteroatoms. The van der Waals surface area contributed by atoms with E-state index in [1.807, 2.05) is 6.92 Å². The zero-order valence-corrected chi connectivity index (χ0v) is 6.04. The van der Waals surface area contributed by atoms with E-state index >= 15 is 0 Å². The highest BCUT2D eigenvalue weighted by Gasteiger charge is 2.05. The van der Waals surface area contributed by atoms with Gasteiger partial charge >= 0.3 is 0 Å². The topological polar surface area (TPSA) is 37.4 Å². The molecule has 0 aliphatic heterocycles. The predicted octanol–water partition coefficient (Wildman–Crippen LogP) is 0.567. The van der Waals surface area contributed by atoms with Gasteiger partial charge in [0.25, 0.3) is 5.91 Å². The molecular weight excluding hydrogens is 130 g/mol. The first-order valence-electron chi connectivity index (χ1n) is 3.14. The summed E-state index contributed by atoms with van der Waals surface area (Å²) in [6.07, 6.45) is 2.43. The molecule has 0 saturated carbocycles. The minimum absolute atomic E-state index is 0.336. The number of amides is 2. The maximum absolute atomic E-state index is 10.7. The maximum atomic E-state index is 10.7. The van der Waals surface area contributed by atoms with Crippen LogP contribution in [0.5, 0.6) is 0 Å². The van der Waals surface area contributed by atoms with E-state index < -0.39 is 0 Å². The summed E-state index contributed by atoms with van der Waals surface area (Å²) >= 11 is 0. The summed E-state index contributed by atoms with van der Waals surface area (Å²) < 4.78 is 0. The fourth-order valence-corrected chi connectivity index (χ4v) is 0.573. The number of hydrogen-bond donors (Lipinski definition) is 0. The second kappa shape index (κ2) is 4.73. The Morgan fingerprint density at radius 1 is 1.70 bits per heavy atom.